The largest absolute Gasteiger partial charge is 0.327 e. The Morgan fingerprint density at radius 3 is 2.88 bits per heavy atom. The van der Waals surface area contributed by atoms with Gasteiger partial charge < -0.3 is 5.73 Å². The van der Waals surface area contributed by atoms with Crippen LogP contribution in [0.2, 0.25) is 0 Å². The molecular formula is C10H13BrN2O2S. The summed E-state index contributed by atoms with van der Waals surface area (Å²) < 4.78 is 0.567. The number of hydrogen-bond acceptors (Lipinski definition) is 4. The Labute approximate surface area is 107 Å². The summed E-state index contributed by atoms with van der Waals surface area (Å²) in [6.07, 6.45) is 0. The molecule has 0 heterocycles. The summed E-state index contributed by atoms with van der Waals surface area (Å²) in [4.78, 5) is 10.3. The molecule has 0 amide bonds. The van der Waals surface area contributed by atoms with Crippen LogP contribution < -0.4 is 5.73 Å². The maximum Gasteiger partial charge on any atom is 0.283 e. The second-order valence-corrected chi connectivity index (χ2v) is 5.32. The van der Waals surface area contributed by atoms with E-state index in [1.54, 1.807) is 17.8 Å². The number of nitro benzene ring substituents is 1. The first kappa shape index (κ1) is 13.5. The molecule has 0 aliphatic rings. The first-order valence-electron chi connectivity index (χ1n) is 4.77. The lowest BCUT2D eigenvalue weighted by molar-refractivity contribution is -0.385. The molecule has 0 aromatic heterocycles. The van der Waals surface area contributed by atoms with Crippen LogP contribution in [-0.2, 0) is 5.75 Å². The first-order chi connectivity index (χ1) is 7.52. The maximum atomic E-state index is 10.7. The zero-order valence-electron chi connectivity index (χ0n) is 8.85. The fourth-order valence-electron chi connectivity index (χ4n) is 1.17. The van der Waals surface area contributed by atoms with E-state index in [1.165, 1.54) is 6.07 Å². The van der Waals surface area contributed by atoms with E-state index >= 15 is 0 Å². The summed E-state index contributed by atoms with van der Waals surface area (Å²) in [5, 5.41) is 10.7. The summed E-state index contributed by atoms with van der Waals surface area (Å²) >= 11 is 4.93. The Balaban J connectivity index is 2.73. The third-order valence-corrected chi connectivity index (χ3v) is 4.09. The van der Waals surface area contributed by atoms with Crippen LogP contribution in [0, 0.1) is 10.1 Å². The normalized spacial score (nSPS) is 12.4. The van der Waals surface area contributed by atoms with Gasteiger partial charge in [0.25, 0.3) is 5.69 Å². The van der Waals surface area contributed by atoms with Crippen LogP contribution in [0.25, 0.3) is 0 Å². The predicted molar refractivity (Wildman–Crippen MR) is 70.6 cm³/mol. The second-order valence-electron chi connectivity index (χ2n) is 3.50. The van der Waals surface area contributed by atoms with E-state index in [4.69, 9.17) is 5.73 Å². The Morgan fingerprint density at radius 2 is 2.31 bits per heavy atom. The van der Waals surface area contributed by atoms with Gasteiger partial charge in [-0.1, -0.05) is 12.1 Å². The van der Waals surface area contributed by atoms with Gasteiger partial charge in [-0.15, -0.1) is 0 Å². The summed E-state index contributed by atoms with van der Waals surface area (Å²) in [7, 11) is 0. The van der Waals surface area contributed by atoms with Crippen molar-refractivity contribution in [3.8, 4) is 0 Å². The number of nitrogens with zero attached hydrogens (tertiary/aromatic N) is 1. The van der Waals surface area contributed by atoms with Crippen molar-refractivity contribution in [2.75, 3.05) is 5.75 Å². The Kier molecular flexibility index (Phi) is 5.24. The standard InChI is InChI=1S/C10H13BrN2O2S/c1-7(12)5-16-6-8-3-2-4-9(10(8)11)13(14)15/h2-4,7H,5-6,12H2,1H3. The molecule has 2 N–H and O–H groups in total. The zero-order valence-corrected chi connectivity index (χ0v) is 11.3. The molecule has 0 saturated heterocycles. The molecule has 1 aromatic rings. The van der Waals surface area contributed by atoms with Gasteiger partial charge in [0, 0.05) is 23.6 Å². The quantitative estimate of drug-likeness (QED) is 0.671. The zero-order chi connectivity index (χ0) is 12.1. The average Bonchev–Trinajstić information content (AvgIpc) is 2.19. The van der Waals surface area contributed by atoms with E-state index in [2.05, 4.69) is 15.9 Å². The van der Waals surface area contributed by atoms with Gasteiger partial charge in [0.05, 0.1) is 9.40 Å². The van der Waals surface area contributed by atoms with E-state index in [0.29, 0.717) is 4.47 Å². The highest BCUT2D eigenvalue weighted by Gasteiger charge is 2.14. The van der Waals surface area contributed by atoms with Gasteiger partial charge in [-0.2, -0.15) is 11.8 Å². The second kappa shape index (κ2) is 6.22. The van der Waals surface area contributed by atoms with E-state index < -0.39 is 0 Å². The van der Waals surface area contributed by atoms with E-state index in [1.807, 2.05) is 13.0 Å². The molecule has 0 radical (unpaired) electrons. The van der Waals surface area contributed by atoms with Crippen molar-refractivity contribution in [2.24, 2.45) is 5.73 Å². The van der Waals surface area contributed by atoms with Crippen molar-refractivity contribution >= 4 is 33.4 Å². The van der Waals surface area contributed by atoms with Gasteiger partial charge in [-0.25, -0.2) is 0 Å². The minimum atomic E-state index is -0.385. The van der Waals surface area contributed by atoms with Crippen LogP contribution in [0.4, 0.5) is 5.69 Å². The fraction of sp³-hybridized carbons (Fsp3) is 0.400. The van der Waals surface area contributed by atoms with Crippen LogP contribution in [0.1, 0.15) is 12.5 Å². The predicted octanol–water partition coefficient (Wildman–Crippen LogP) is 2.94. The van der Waals surface area contributed by atoms with Crippen molar-refractivity contribution in [3.05, 3.63) is 38.3 Å². The van der Waals surface area contributed by atoms with Gasteiger partial charge in [-0.05, 0) is 28.4 Å². The smallest absolute Gasteiger partial charge is 0.283 e. The molecule has 4 nitrogen and oxygen atoms in total. The van der Waals surface area contributed by atoms with Crippen molar-refractivity contribution in [3.63, 3.8) is 0 Å². The van der Waals surface area contributed by atoms with Crippen molar-refractivity contribution < 1.29 is 4.92 Å². The third kappa shape index (κ3) is 3.77. The molecule has 0 saturated carbocycles. The monoisotopic (exact) mass is 304 g/mol. The van der Waals surface area contributed by atoms with E-state index in [9.17, 15) is 10.1 Å². The van der Waals surface area contributed by atoms with Gasteiger partial charge in [0.15, 0.2) is 0 Å². The Bertz CT molecular complexity index is 385. The van der Waals surface area contributed by atoms with Crippen LogP contribution in [0.5, 0.6) is 0 Å². The molecule has 88 valence electrons. The molecule has 0 spiro atoms. The molecular weight excluding hydrogens is 292 g/mol. The molecule has 1 aromatic carbocycles. The number of halogens is 1. The molecule has 1 rings (SSSR count). The lowest BCUT2D eigenvalue weighted by atomic mass is 10.2. The summed E-state index contributed by atoms with van der Waals surface area (Å²) in [6, 6.07) is 5.21. The van der Waals surface area contributed by atoms with Crippen molar-refractivity contribution in [2.45, 2.75) is 18.7 Å². The topological polar surface area (TPSA) is 69.2 Å². The van der Waals surface area contributed by atoms with E-state index in [-0.39, 0.29) is 16.7 Å². The van der Waals surface area contributed by atoms with Crippen molar-refractivity contribution in [1.82, 2.24) is 0 Å². The molecule has 0 aliphatic carbocycles. The van der Waals surface area contributed by atoms with Gasteiger partial charge in [0.1, 0.15) is 0 Å². The lowest BCUT2D eigenvalue weighted by Gasteiger charge is -2.06. The summed E-state index contributed by atoms with van der Waals surface area (Å²) in [6.45, 7) is 1.94. The number of hydrogen-bond donors (Lipinski definition) is 1. The minimum absolute atomic E-state index is 0.110. The fourth-order valence-corrected chi connectivity index (χ4v) is 2.86. The number of rotatable bonds is 5. The van der Waals surface area contributed by atoms with E-state index in [0.717, 1.165) is 17.1 Å². The van der Waals surface area contributed by atoms with Crippen LogP contribution in [0.3, 0.4) is 0 Å². The molecule has 0 aliphatic heterocycles. The number of benzene rings is 1. The van der Waals surface area contributed by atoms with Crippen molar-refractivity contribution in [1.29, 1.82) is 0 Å². The highest BCUT2D eigenvalue weighted by atomic mass is 79.9. The number of thioether (sulfide) groups is 1. The van der Waals surface area contributed by atoms with Gasteiger partial charge >= 0.3 is 0 Å². The third-order valence-electron chi connectivity index (χ3n) is 1.89. The maximum absolute atomic E-state index is 10.7. The molecule has 6 heteroatoms. The number of nitro groups is 1. The van der Waals surface area contributed by atoms with Gasteiger partial charge in [0.2, 0.25) is 0 Å². The molecule has 1 unspecified atom stereocenters. The molecule has 0 fully saturated rings. The molecule has 1 atom stereocenters. The van der Waals surface area contributed by atoms with Crippen LogP contribution in [-0.4, -0.2) is 16.7 Å². The summed E-state index contributed by atoms with van der Waals surface area (Å²) in [5.41, 5.74) is 6.67. The van der Waals surface area contributed by atoms with Crippen LogP contribution >= 0.6 is 27.7 Å². The lowest BCUT2D eigenvalue weighted by Crippen LogP contribution is -2.17. The molecule has 16 heavy (non-hydrogen) atoms. The summed E-state index contributed by atoms with van der Waals surface area (Å²) in [5.74, 6) is 1.57. The minimum Gasteiger partial charge on any atom is -0.327 e. The number of nitrogens with two attached hydrogens (primary N) is 1. The Morgan fingerprint density at radius 1 is 1.62 bits per heavy atom. The van der Waals surface area contributed by atoms with Gasteiger partial charge in [-0.3, -0.25) is 10.1 Å². The Hall–Kier alpha value is -0.590. The SMILES string of the molecule is CC(N)CSCc1cccc([N+](=O)[O-])c1Br. The highest BCUT2D eigenvalue weighted by Crippen LogP contribution is 2.30. The first-order valence-corrected chi connectivity index (χ1v) is 6.72. The average molecular weight is 305 g/mol. The molecule has 0 bridgehead atoms. The highest BCUT2D eigenvalue weighted by molar-refractivity contribution is 9.10. The van der Waals surface area contributed by atoms with Crippen LogP contribution in [0.15, 0.2) is 22.7 Å².